The summed E-state index contributed by atoms with van der Waals surface area (Å²) in [5, 5.41) is 10.3. The predicted octanol–water partition coefficient (Wildman–Crippen LogP) is 4.28. The number of rotatable bonds is 6. The average molecular weight is 611 g/mol. The molecule has 6 rings (SSSR count). The smallest absolute Gasteiger partial charge is 0.390 e. The molecule has 43 heavy (non-hydrogen) atoms. The van der Waals surface area contributed by atoms with Crippen molar-refractivity contribution in [1.82, 2.24) is 24.4 Å². The number of aliphatic hydroxyl groups is 1. The number of H-pyrrole nitrogens is 1. The van der Waals surface area contributed by atoms with E-state index in [1.165, 1.54) is 12.1 Å². The molecule has 2 saturated heterocycles. The molecule has 5 atom stereocenters. The van der Waals surface area contributed by atoms with Gasteiger partial charge in [-0.1, -0.05) is 12.1 Å². The lowest BCUT2D eigenvalue weighted by molar-refractivity contribution is -0.138. The summed E-state index contributed by atoms with van der Waals surface area (Å²) in [5.41, 5.74) is 0.196. The molecule has 2 N–H and O–H groups in total. The number of ether oxygens (including phenoxy) is 1. The van der Waals surface area contributed by atoms with Crippen molar-refractivity contribution >= 4 is 17.0 Å². The first-order chi connectivity index (χ1) is 20.2. The summed E-state index contributed by atoms with van der Waals surface area (Å²) in [6.45, 7) is 7.25. The highest BCUT2D eigenvalue weighted by molar-refractivity contribution is 5.84. The molecule has 2 aliphatic heterocycles. The minimum atomic E-state index is -4.49. The Bertz CT molecular complexity index is 1530. The summed E-state index contributed by atoms with van der Waals surface area (Å²) in [5.74, 6) is -2.18. The topological polar surface area (TPSA) is 99.5 Å². The van der Waals surface area contributed by atoms with E-state index in [-0.39, 0.29) is 24.9 Å². The number of fused-ring (bicyclic) bond motifs is 1. The molecule has 0 bridgehead atoms. The molecule has 3 aliphatic rings. The lowest BCUT2D eigenvalue weighted by Crippen LogP contribution is -2.59. The first-order valence-corrected chi connectivity index (χ1v) is 14.6. The lowest BCUT2D eigenvalue weighted by Gasteiger charge is -2.52. The third kappa shape index (κ3) is 5.64. The van der Waals surface area contributed by atoms with Gasteiger partial charge in [-0.2, -0.15) is 18.2 Å². The van der Waals surface area contributed by atoms with Crippen molar-refractivity contribution in [2.45, 2.75) is 89.0 Å². The van der Waals surface area contributed by atoms with Crippen LogP contribution < -0.4 is 10.6 Å². The second-order valence-corrected chi connectivity index (χ2v) is 12.2. The van der Waals surface area contributed by atoms with Crippen LogP contribution in [0.3, 0.4) is 0 Å². The zero-order valence-corrected chi connectivity index (χ0v) is 24.1. The van der Waals surface area contributed by atoms with Gasteiger partial charge in [-0.15, -0.1) is 0 Å². The van der Waals surface area contributed by atoms with Crippen molar-refractivity contribution < 1.29 is 31.8 Å². The van der Waals surface area contributed by atoms with Crippen LogP contribution in [-0.2, 0) is 17.5 Å². The highest BCUT2D eigenvalue weighted by atomic mass is 19.4. The number of alkyl halides is 5. The SMILES string of the molecule is Cc1nc2c(N3C[C@@H](C)N(C(c4ccc(C(F)(F)F)cc4)C4CC(F)(F)C4)C[C@@H]3C)nc(=O)[nH]c2n1C[C@H]1OCC[C@@H]1O. The highest BCUT2D eigenvalue weighted by Crippen LogP contribution is 2.51. The summed E-state index contributed by atoms with van der Waals surface area (Å²) in [7, 11) is 0. The third-order valence-electron chi connectivity index (χ3n) is 9.15. The number of nitrogens with one attached hydrogen (secondary N) is 1. The molecule has 1 aliphatic carbocycles. The number of aliphatic hydroxyl groups excluding tert-OH is 1. The largest absolute Gasteiger partial charge is 0.416 e. The maximum atomic E-state index is 14.0. The van der Waals surface area contributed by atoms with Gasteiger partial charge in [0.25, 0.3) is 0 Å². The minimum absolute atomic E-state index is 0.209. The molecule has 2 aromatic heterocycles. The molecule has 3 aromatic rings. The van der Waals surface area contributed by atoms with E-state index in [0.29, 0.717) is 61.0 Å². The normalized spacial score (nSPS) is 27.5. The highest BCUT2D eigenvalue weighted by Gasteiger charge is 2.51. The van der Waals surface area contributed by atoms with Gasteiger partial charge in [0.1, 0.15) is 23.1 Å². The Hall–Kier alpha value is -3.10. The van der Waals surface area contributed by atoms with E-state index in [4.69, 9.17) is 9.72 Å². The van der Waals surface area contributed by atoms with Crippen LogP contribution in [-0.4, -0.2) is 79.4 Å². The van der Waals surface area contributed by atoms with Crippen molar-refractivity contribution in [2.24, 2.45) is 5.92 Å². The van der Waals surface area contributed by atoms with Gasteiger partial charge in [0, 0.05) is 50.7 Å². The molecule has 1 saturated carbocycles. The maximum Gasteiger partial charge on any atom is 0.416 e. The van der Waals surface area contributed by atoms with Crippen LogP contribution in [0.1, 0.15) is 56.1 Å². The number of benzene rings is 1. The summed E-state index contributed by atoms with van der Waals surface area (Å²) in [6, 6.07) is 3.89. The van der Waals surface area contributed by atoms with E-state index in [9.17, 15) is 31.9 Å². The van der Waals surface area contributed by atoms with Crippen LogP contribution in [0.5, 0.6) is 0 Å². The van der Waals surface area contributed by atoms with Gasteiger partial charge in [-0.25, -0.2) is 18.6 Å². The molecule has 4 heterocycles. The van der Waals surface area contributed by atoms with E-state index in [2.05, 4.69) is 14.9 Å². The fourth-order valence-corrected chi connectivity index (χ4v) is 6.91. The number of aromatic amines is 1. The first-order valence-electron chi connectivity index (χ1n) is 14.6. The Morgan fingerprint density at radius 2 is 1.81 bits per heavy atom. The van der Waals surface area contributed by atoms with Crippen LogP contribution in [0, 0.1) is 12.8 Å². The van der Waals surface area contributed by atoms with Gasteiger partial charge in [0.15, 0.2) is 5.82 Å². The van der Waals surface area contributed by atoms with Crippen molar-refractivity contribution in [3.8, 4) is 0 Å². The third-order valence-corrected chi connectivity index (χ3v) is 9.15. The number of hydrogen-bond donors (Lipinski definition) is 2. The first kappa shape index (κ1) is 29.9. The lowest BCUT2D eigenvalue weighted by atomic mass is 9.73. The van der Waals surface area contributed by atoms with E-state index >= 15 is 0 Å². The number of imidazole rings is 1. The Labute approximate surface area is 244 Å². The van der Waals surface area contributed by atoms with Crippen LogP contribution in [0.4, 0.5) is 27.8 Å². The van der Waals surface area contributed by atoms with Crippen molar-refractivity contribution in [3.63, 3.8) is 0 Å². The summed E-state index contributed by atoms with van der Waals surface area (Å²) >= 11 is 0. The van der Waals surface area contributed by atoms with Crippen molar-refractivity contribution in [1.29, 1.82) is 0 Å². The van der Waals surface area contributed by atoms with Crippen molar-refractivity contribution in [2.75, 3.05) is 24.6 Å². The molecular weight excluding hydrogens is 575 g/mol. The monoisotopic (exact) mass is 610 g/mol. The van der Waals surface area contributed by atoms with Gasteiger partial charge in [-0.3, -0.25) is 9.88 Å². The Morgan fingerprint density at radius 3 is 2.42 bits per heavy atom. The van der Waals surface area contributed by atoms with E-state index in [1.54, 1.807) is 6.92 Å². The molecule has 1 aromatic carbocycles. The fraction of sp³-hybridized carbons (Fsp3) is 0.621. The number of piperazine rings is 1. The Balaban J connectivity index is 1.30. The molecule has 1 unspecified atom stereocenters. The van der Waals surface area contributed by atoms with E-state index in [1.807, 2.05) is 23.3 Å². The Morgan fingerprint density at radius 1 is 1.12 bits per heavy atom. The average Bonchev–Trinajstić information content (AvgIpc) is 3.46. The molecule has 234 valence electrons. The zero-order chi connectivity index (χ0) is 30.8. The Kier molecular flexibility index (Phi) is 7.53. The maximum absolute atomic E-state index is 14.0. The standard InChI is InChI=1S/C29H35F5N6O3/c1-15-13-39(25-23-26(37-27(42)36-25)40(17(3)35-23)14-22-21(41)8-9-43-22)16(2)12-38(15)24(19-10-28(30,31)11-19)18-4-6-20(7-5-18)29(32,33)34/h4-7,15-16,19,21-22,24,41H,8-14H2,1-3H3,(H,36,37,42)/t15-,16+,21+,22-,24?/m1/s1. The molecule has 14 heteroatoms. The van der Waals surface area contributed by atoms with Crippen LogP contribution in [0.25, 0.3) is 11.2 Å². The summed E-state index contributed by atoms with van der Waals surface area (Å²) < 4.78 is 75.3. The van der Waals surface area contributed by atoms with Gasteiger partial charge in [0.2, 0.25) is 5.92 Å². The quantitative estimate of drug-likeness (QED) is 0.402. The van der Waals surface area contributed by atoms with E-state index in [0.717, 1.165) is 12.1 Å². The number of aromatic nitrogens is 4. The second kappa shape index (κ2) is 10.8. The van der Waals surface area contributed by atoms with Gasteiger partial charge in [0.05, 0.1) is 18.2 Å². The molecule has 0 amide bonds. The zero-order valence-electron chi connectivity index (χ0n) is 24.1. The molecule has 0 radical (unpaired) electrons. The molecule has 9 nitrogen and oxygen atoms in total. The number of hydrogen-bond acceptors (Lipinski definition) is 7. The fourth-order valence-electron chi connectivity index (χ4n) is 6.91. The van der Waals surface area contributed by atoms with Crippen molar-refractivity contribution in [3.05, 3.63) is 51.7 Å². The number of nitrogens with zero attached hydrogens (tertiary/aromatic N) is 5. The minimum Gasteiger partial charge on any atom is -0.390 e. The second-order valence-electron chi connectivity index (χ2n) is 12.2. The van der Waals surface area contributed by atoms with Crippen LogP contribution in [0.2, 0.25) is 0 Å². The van der Waals surface area contributed by atoms with Crippen LogP contribution in [0.15, 0.2) is 29.1 Å². The number of halogens is 5. The molecule has 0 spiro atoms. The molecule has 3 fully saturated rings. The predicted molar refractivity (Wildman–Crippen MR) is 148 cm³/mol. The van der Waals surface area contributed by atoms with Gasteiger partial charge >= 0.3 is 11.9 Å². The van der Waals surface area contributed by atoms with Crippen LogP contribution >= 0.6 is 0 Å². The van der Waals surface area contributed by atoms with E-state index < -0.39 is 47.5 Å². The number of aryl methyl sites for hydroxylation is 1. The summed E-state index contributed by atoms with van der Waals surface area (Å²) in [4.78, 5) is 28.6. The number of anilines is 1. The van der Waals surface area contributed by atoms with Gasteiger partial charge in [-0.05, 0) is 50.8 Å². The molecular formula is C29H35F5N6O3. The summed E-state index contributed by atoms with van der Waals surface area (Å²) in [6.07, 6.45) is -5.66. The van der Waals surface area contributed by atoms with Gasteiger partial charge < -0.3 is 19.3 Å².